The van der Waals surface area contributed by atoms with Crippen molar-refractivity contribution in [2.45, 2.75) is 34.4 Å². The highest BCUT2D eigenvalue weighted by atomic mass is 127. The smallest absolute Gasteiger partial charge is 0.412 e. The maximum absolute atomic E-state index is 12.7. The SMILES string of the molecule is COc1ccc(C(OC[C@H]2O[C@@H](n3cnc4c(NC(=O)OCCc5ccc([N+](=O)[O-])cc5)ncnc43)[C@H](O)[C@H]2I)(c2ccccc2)c2ccccc2)cc1. The van der Waals surface area contributed by atoms with Gasteiger partial charge in [0.2, 0.25) is 0 Å². The van der Waals surface area contributed by atoms with Crippen LogP contribution in [0.15, 0.2) is 122 Å². The summed E-state index contributed by atoms with van der Waals surface area (Å²) in [5.41, 5.74) is 3.07. The molecular weight excluding hydrogens is 807 g/mol. The number of methoxy groups -OCH3 is 1. The summed E-state index contributed by atoms with van der Waals surface area (Å²) in [5.74, 6) is 0.838. The van der Waals surface area contributed by atoms with E-state index in [1.165, 1.54) is 24.8 Å². The lowest BCUT2D eigenvalue weighted by Gasteiger charge is -2.37. The van der Waals surface area contributed by atoms with Crippen molar-refractivity contribution in [3.63, 3.8) is 0 Å². The molecule has 0 unspecified atom stereocenters. The number of nitrogens with zero attached hydrogens (tertiary/aromatic N) is 5. The lowest BCUT2D eigenvalue weighted by Crippen LogP contribution is -2.38. The fraction of sp³-hybridized carbons (Fsp3) is 0.231. The van der Waals surface area contributed by atoms with E-state index < -0.39 is 35.1 Å². The number of hydrogen-bond donors (Lipinski definition) is 2. The highest BCUT2D eigenvalue weighted by Crippen LogP contribution is 2.43. The molecule has 6 aromatic rings. The van der Waals surface area contributed by atoms with Gasteiger partial charge in [0.25, 0.3) is 5.69 Å². The second-order valence-electron chi connectivity index (χ2n) is 12.4. The number of nitro benzene ring substituents is 1. The summed E-state index contributed by atoms with van der Waals surface area (Å²) in [6.07, 6.45) is -0.0124. The summed E-state index contributed by atoms with van der Waals surface area (Å²) in [4.78, 5) is 36.1. The van der Waals surface area contributed by atoms with Crippen LogP contribution in [0.5, 0.6) is 5.75 Å². The molecule has 0 aliphatic carbocycles. The fourth-order valence-electron chi connectivity index (χ4n) is 6.51. The van der Waals surface area contributed by atoms with E-state index in [-0.39, 0.29) is 34.2 Å². The van der Waals surface area contributed by atoms with Crippen LogP contribution in [-0.4, -0.2) is 72.1 Å². The summed E-state index contributed by atoms with van der Waals surface area (Å²) in [5, 5.41) is 25.0. The van der Waals surface area contributed by atoms with Crippen molar-refractivity contribution in [3.05, 3.63) is 154 Å². The molecule has 1 fully saturated rings. The average molecular weight is 843 g/mol. The van der Waals surface area contributed by atoms with Gasteiger partial charge in [0.05, 0.1) is 41.6 Å². The van der Waals surface area contributed by atoms with Gasteiger partial charge in [-0.15, -0.1) is 0 Å². The molecule has 15 heteroatoms. The number of aliphatic hydroxyl groups excluding tert-OH is 1. The quantitative estimate of drug-likeness (QED) is 0.0422. The van der Waals surface area contributed by atoms with Gasteiger partial charge in [0.15, 0.2) is 23.2 Å². The van der Waals surface area contributed by atoms with Gasteiger partial charge in [0, 0.05) is 18.6 Å². The monoisotopic (exact) mass is 842 g/mol. The molecule has 0 bridgehead atoms. The number of imidazole rings is 1. The van der Waals surface area contributed by atoms with Crippen LogP contribution in [-0.2, 0) is 26.2 Å². The molecule has 4 atom stereocenters. The van der Waals surface area contributed by atoms with E-state index in [1.807, 2.05) is 84.9 Å². The summed E-state index contributed by atoms with van der Waals surface area (Å²) in [6, 6.07) is 33.8. The Balaban J connectivity index is 1.08. The molecule has 54 heavy (non-hydrogen) atoms. The third-order valence-corrected chi connectivity index (χ3v) is 10.8. The van der Waals surface area contributed by atoms with Crippen LogP contribution >= 0.6 is 22.6 Å². The second kappa shape index (κ2) is 16.3. The van der Waals surface area contributed by atoms with Crippen LogP contribution in [0, 0.1) is 10.1 Å². The Morgan fingerprint density at radius 3 is 2.22 bits per heavy atom. The number of amides is 1. The topological polar surface area (TPSA) is 173 Å². The number of hydrogen-bond acceptors (Lipinski definition) is 11. The molecule has 2 N–H and O–H groups in total. The first-order valence-corrected chi connectivity index (χ1v) is 18.2. The Bertz CT molecular complexity index is 2170. The normalized spacial score (nSPS) is 18.4. The summed E-state index contributed by atoms with van der Waals surface area (Å²) in [7, 11) is 1.63. The molecule has 7 rings (SSSR count). The van der Waals surface area contributed by atoms with Gasteiger partial charge < -0.3 is 24.1 Å². The number of benzene rings is 4. The number of carbonyl (C=O) groups excluding carboxylic acids is 1. The minimum atomic E-state index is -1.02. The zero-order valence-electron chi connectivity index (χ0n) is 28.9. The third-order valence-electron chi connectivity index (χ3n) is 9.23. The van der Waals surface area contributed by atoms with Gasteiger partial charge in [-0.2, -0.15) is 0 Å². The van der Waals surface area contributed by atoms with Gasteiger partial charge in [-0.25, -0.2) is 19.7 Å². The van der Waals surface area contributed by atoms with Crippen molar-refractivity contribution >= 4 is 51.4 Å². The van der Waals surface area contributed by atoms with Gasteiger partial charge in [-0.1, -0.05) is 108 Å². The maximum atomic E-state index is 12.7. The number of rotatable bonds is 13. The molecule has 276 valence electrons. The molecule has 1 aliphatic rings. The molecule has 0 radical (unpaired) electrons. The molecular formula is C39H35IN6O8. The number of anilines is 1. The summed E-state index contributed by atoms with van der Waals surface area (Å²) in [6.45, 7) is 0.153. The predicted molar refractivity (Wildman–Crippen MR) is 207 cm³/mol. The Morgan fingerprint density at radius 2 is 1.59 bits per heavy atom. The van der Waals surface area contributed by atoms with Crippen molar-refractivity contribution < 1.29 is 33.8 Å². The van der Waals surface area contributed by atoms with Crippen molar-refractivity contribution in [1.82, 2.24) is 19.5 Å². The van der Waals surface area contributed by atoms with Crippen LogP contribution < -0.4 is 10.1 Å². The minimum absolute atomic E-state index is 0.0177. The Hall–Kier alpha value is -5.49. The second-order valence-corrected chi connectivity index (χ2v) is 13.9. The van der Waals surface area contributed by atoms with Crippen LogP contribution in [0.3, 0.4) is 0 Å². The number of carbonyl (C=O) groups is 1. The number of non-ortho nitro benzene ring substituents is 1. The van der Waals surface area contributed by atoms with Gasteiger partial charge in [-0.3, -0.25) is 20.0 Å². The predicted octanol–water partition coefficient (Wildman–Crippen LogP) is 6.60. The zero-order chi connectivity index (χ0) is 37.7. The number of aromatic nitrogens is 4. The largest absolute Gasteiger partial charge is 0.497 e. The van der Waals surface area contributed by atoms with E-state index in [0.29, 0.717) is 12.1 Å². The van der Waals surface area contributed by atoms with E-state index in [4.69, 9.17) is 18.9 Å². The van der Waals surface area contributed by atoms with Crippen LogP contribution in [0.25, 0.3) is 11.2 Å². The summed E-state index contributed by atoms with van der Waals surface area (Å²) >= 11 is 2.19. The molecule has 2 aromatic heterocycles. The highest BCUT2D eigenvalue weighted by molar-refractivity contribution is 14.1. The minimum Gasteiger partial charge on any atom is -0.497 e. The number of fused-ring (bicyclic) bond motifs is 1. The van der Waals surface area contributed by atoms with E-state index in [0.717, 1.165) is 28.0 Å². The van der Waals surface area contributed by atoms with Crippen LogP contribution in [0.4, 0.5) is 16.3 Å². The number of nitrogens with one attached hydrogen (secondary N) is 1. The number of aliphatic hydroxyl groups is 1. The molecule has 1 amide bonds. The van der Waals surface area contributed by atoms with Crippen molar-refractivity contribution in [3.8, 4) is 5.75 Å². The zero-order valence-corrected chi connectivity index (χ0v) is 31.1. The van der Waals surface area contributed by atoms with Gasteiger partial charge in [-0.05, 0) is 34.4 Å². The third kappa shape index (κ3) is 7.48. The standard InChI is InChI=1S/C39H35IN6O8/c1-51-30-18-14-28(15-19-30)39(26-8-4-2-5-9-26,27-10-6-3-7-11-27)53-22-31-32(40)34(47)37(54-31)45-24-43-33-35(41-23-42-36(33)45)44-38(48)52-21-20-25-12-16-29(17-13-25)46(49)50/h2-19,23-24,31-32,34,37,47H,20-22H2,1H3,(H,41,42,44,48)/t31-,32+,34-,37-/m1/s1. The van der Waals surface area contributed by atoms with Crippen molar-refractivity contribution in [2.75, 3.05) is 25.6 Å². The molecule has 3 heterocycles. The molecule has 1 aliphatic heterocycles. The first-order chi connectivity index (χ1) is 26.3. The number of halogens is 1. The molecule has 1 saturated heterocycles. The number of ether oxygens (including phenoxy) is 4. The van der Waals surface area contributed by atoms with E-state index in [1.54, 1.807) is 23.8 Å². The van der Waals surface area contributed by atoms with Gasteiger partial charge >= 0.3 is 6.09 Å². The van der Waals surface area contributed by atoms with Crippen molar-refractivity contribution in [1.29, 1.82) is 0 Å². The van der Waals surface area contributed by atoms with E-state index in [9.17, 15) is 20.0 Å². The van der Waals surface area contributed by atoms with Crippen LogP contribution in [0.2, 0.25) is 0 Å². The van der Waals surface area contributed by atoms with E-state index in [2.05, 4.69) is 42.9 Å². The average Bonchev–Trinajstić information content (AvgIpc) is 3.76. The Morgan fingerprint density at radius 1 is 0.944 bits per heavy atom. The molecule has 14 nitrogen and oxygen atoms in total. The lowest BCUT2D eigenvalue weighted by atomic mass is 9.80. The fourth-order valence-corrected chi connectivity index (χ4v) is 7.24. The molecule has 0 spiro atoms. The summed E-state index contributed by atoms with van der Waals surface area (Å²) < 4.78 is 25.6. The lowest BCUT2D eigenvalue weighted by molar-refractivity contribution is -0.384. The molecule has 0 saturated carbocycles. The highest BCUT2D eigenvalue weighted by Gasteiger charge is 2.46. The first-order valence-electron chi connectivity index (χ1n) is 17.0. The Kier molecular flexibility index (Phi) is 11.1. The van der Waals surface area contributed by atoms with Crippen molar-refractivity contribution in [2.24, 2.45) is 0 Å². The van der Waals surface area contributed by atoms with Gasteiger partial charge in [0.1, 0.15) is 23.8 Å². The number of alkyl halides is 1. The van der Waals surface area contributed by atoms with E-state index >= 15 is 0 Å². The Labute approximate surface area is 323 Å². The molecule has 4 aromatic carbocycles. The maximum Gasteiger partial charge on any atom is 0.412 e. The van der Waals surface area contributed by atoms with Crippen LogP contribution in [0.1, 0.15) is 28.5 Å². The number of nitro groups is 1. The first kappa shape index (κ1) is 36.9.